The SMILES string of the molecule is O=[N+]([O-])c1cccc(C(O)CN2[C@@H]3CC[C@H]2CC(c2ccccc2)C3)c1. The Kier molecular flexibility index (Phi) is 4.74. The zero-order valence-corrected chi connectivity index (χ0v) is 14.7. The number of rotatable bonds is 5. The van der Waals surface area contributed by atoms with Crippen LogP contribution in [0.25, 0.3) is 0 Å². The molecule has 0 amide bonds. The second-order valence-electron chi connectivity index (χ2n) is 7.53. The highest BCUT2D eigenvalue weighted by molar-refractivity contribution is 5.35. The Hall–Kier alpha value is -2.24. The standard InChI is InChI=1S/C21H24N2O3/c24-21(16-7-4-8-20(11-16)23(25)26)14-22-18-9-10-19(22)13-17(12-18)15-5-2-1-3-6-15/h1-8,11,17-19,21,24H,9-10,12-14H2/t17?,18-,19+,21?. The third kappa shape index (κ3) is 3.37. The maximum Gasteiger partial charge on any atom is 0.269 e. The quantitative estimate of drug-likeness (QED) is 0.651. The van der Waals surface area contributed by atoms with Crippen LogP contribution in [0.4, 0.5) is 5.69 Å². The molecule has 2 aliphatic heterocycles. The largest absolute Gasteiger partial charge is 0.387 e. The minimum absolute atomic E-state index is 0.0345. The number of benzene rings is 2. The molecule has 5 nitrogen and oxygen atoms in total. The van der Waals surface area contributed by atoms with Gasteiger partial charge in [-0.25, -0.2) is 0 Å². The van der Waals surface area contributed by atoms with Gasteiger partial charge in [0, 0.05) is 30.8 Å². The van der Waals surface area contributed by atoms with Crippen LogP contribution in [0, 0.1) is 10.1 Å². The molecule has 2 unspecified atom stereocenters. The molecule has 2 heterocycles. The summed E-state index contributed by atoms with van der Waals surface area (Å²) in [5.74, 6) is 0.597. The van der Waals surface area contributed by atoms with Crippen molar-refractivity contribution in [2.75, 3.05) is 6.54 Å². The second-order valence-corrected chi connectivity index (χ2v) is 7.53. The summed E-state index contributed by atoms with van der Waals surface area (Å²) in [5.41, 5.74) is 2.08. The van der Waals surface area contributed by atoms with Crippen LogP contribution >= 0.6 is 0 Å². The van der Waals surface area contributed by atoms with Gasteiger partial charge in [-0.3, -0.25) is 15.0 Å². The molecule has 26 heavy (non-hydrogen) atoms. The van der Waals surface area contributed by atoms with Crippen molar-refractivity contribution in [3.05, 3.63) is 75.8 Å². The van der Waals surface area contributed by atoms with E-state index in [2.05, 4.69) is 35.2 Å². The van der Waals surface area contributed by atoms with Crippen molar-refractivity contribution in [1.29, 1.82) is 0 Å². The molecule has 4 atom stereocenters. The average Bonchev–Trinajstić information content (AvgIpc) is 2.90. The molecule has 0 aliphatic carbocycles. The van der Waals surface area contributed by atoms with Crippen LogP contribution in [0.15, 0.2) is 54.6 Å². The van der Waals surface area contributed by atoms with Crippen molar-refractivity contribution in [3.63, 3.8) is 0 Å². The van der Waals surface area contributed by atoms with E-state index in [0.717, 1.165) is 12.8 Å². The van der Waals surface area contributed by atoms with Gasteiger partial charge in [0.15, 0.2) is 0 Å². The lowest BCUT2D eigenvalue weighted by molar-refractivity contribution is -0.385. The smallest absolute Gasteiger partial charge is 0.269 e. The molecule has 0 saturated carbocycles. The molecule has 136 valence electrons. The van der Waals surface area contributed by atoms with Crippen LogP contribution in [-0.4, -0.2) is 33.6 Å². The van der Waals surface area contributed by atoms with Gasteiger partial charge in [-0.2, -0.15) is 0 Å². The summed E-state index contributed by atoms with van der Waals surface area (Å²) >= 11 is 0. The van der Waals surface area contributed by atoms with E-state index < -0.39 is 11.0 Å². The van der Waals surface area contributed by atoms with Crippen LogP contribution in [-0.2, 0) is 0 Å². The van der Waals surface area contributed by atoms with E-state index in [9.17, 15) is 15.2 Å². The monoisotopic (exact) mass is 352 g/mol. The van der Waals surface area contributed by atoms with E-state index in [1.807, 2.05) is 0 Å². The summed E-state index contributed by atoms with van der Waals surface area (Å²) < 4.78 is 0. The summed E-state index contributed by atoms with van der Waals surface area (Å²) in [6.45, 7) is 0.554. The number of aliphatic hydroxyl groups is 1. The van der Waals surface area contributed by atoms with Crippen LogP contribution in [0.3, 0.4) is 0 Å². The molecule has 2 saturated heterocycles. The van der Waals surface area contributed by atoms with Crippen LogP contribution in [0.5, 0.6) is 0 Å². The fourth-order valence-corrected chi connectivity index (χ4v) is 4.72. The normalized spacial score (nSPS) is 26.6. The molecule has 4 rings (SSSR count). The first-order valence-corrected chi connectivity index (χ1v) is 9.35. The van der Waals surface area contributed by atoms with Crippen molar-refractivity contribution in [2.45, 2.75) is 49.8 Å². The average molecular weight is 352 g/mol. The number of nitrogens with zero attached hydrogens (tertiary/aromatic N) is 2. The van der Waals surface area contributed by atoms with Gasteiger partial charge in [0.1, 0.15) is 0 Å². The summed E-state index contributed by atoms with van der Waals surface area (Å²) in [7, 11) is 0. The van der Waals surface area contributed by atoms with E-state index in [-0.39, 0.29) is 5.69 Å². The summed E-state index contributed by atoms with van der Waals surface area (Å²) in [6.07, 6.45) is 3.92. The number of piperidine rings is 1. The lowest BCUT2D eigenvalue weighted by Crippen LogP contribution is -2.44. The van der Waals surface area contributed by atoms with Gasteiger partial charge in [0.25, 0.3) is 5.69 Å². The first-order chi connectivity index (χ1) is 12.6. The van der Waals surface area contributed by atoms with Crippen LogP contribution < -0.4 is 0 Å². The molecule has 0 aromatic heterocycles. The summed E-state index contributed by atoms with van der Waals surface area (Å²) in [6, 6.07) is 18.1. The zero-order chi connectivity index (χ0) is 18.1. The zero-order valence-electron chi connectivity index (χ0n) is 14.7. The van der Waals surface area contributed by atoms with Gasteiger partial charge >= 0.3 is 0 Å². The molecule has 2 bridgehead atoms. The number of aliphatic hydroxyl groups excluding tert-OH is 1. The summed E-state index contributed by atoms with van der Waals surface area (Å²) in [4.78, 5) is 13.0. The van der Waals surface area contributed by atoms with E-state index in [1.54, 1.807) is 12.1 Å². The van der Waals surface area contributed by atoms with Crippen LogP contribution in [0.1, 0.15) is 48.8 Å². The van der Waals surface area contributed by atoms with E-state index >= 15 is 0 Å². The molecular weight excluding hydrogens is 328 g/mol. The third-order valence-corrected chi connectivity index (χ3v) is 6.00. The topological polar surface area (TPSA) is 66.6 Å². The van der Waals surface area contributed by atoms with Gasteiger partial charge in [-0.15, -0.1) is 0 Å². The number of hydrogen-bond acceptors (Lipinski definition) is 4. The van der Waals surface area contributed by atoms with Gasteiger partial charge in [-0.05, 0) is 42.7 Å². The minimum atomic E-state index is -0.689. The molecular formula is C21H24N2O3. The number of fused-ring (bicyclic) bond motifs is 2. The van der Waals surface area contributed by atoms with Crippen LogP contribution in [0.2, 0.25) is 0 Å². The molecule has 2 fully saturated rings. The second kappa shape index (κ2) is 7.17. The number of non-ortho nitro benzene ring substituents is 1. The minimum Gasteiger partial charge on any atom is -0.387 e. The molecule has 2 aliphatic rings. The van der Waals surface area contributed by atoms with Crippen molar-refractivity contribution < 1.29 is 10.0 Å². The lowest BCUT2D eigenvalue weighted by Gasteiger charge is -2.40. The fourth-order valence-electron chi connectivity index (χ4n) is 4.72. The predicted octanol–water partition coefficient (Wildman–Crippen LogP) is 4.04. The van der Waals surface area contributed by atoms with Crippen molar-refractivity contribution >= 4 is 5.69 Å². The Balaban J connectivity index is 1.45. The maximum atomic E-state index is 11.0. The molecule has 1 N–H and O–H groups in total. The van der Waals surface area contributed by atoms with Crippen molar-refractivity contribution in [2.24, 2.45) is 0 Å². The highest BCUT2D eigenvalue weighted by atomic mass is 16.6. The summed E-state index contributed by atoms with van der Waals surface area (Å²) in [5, 5.41) is 21.6. The Bertz CT molecular complexity index is 766. The van der Waals surface area contributed by atoms with Crippen molar-refractivity contribution in [1.82, 2.24) is 4.90 Å². The number of nitro benzene ring substituents is 1. The Labute approximate surface area is 153 Å². The first-order valence-electron chi connectivity index (χ1n) is 9.35. The Morgan fingerprint density at radius 3 is 2.42 bits per heavy atom. The third-order valence-electron chi connectivity index (χ3n) is 6.00. The van der Waals surface area contributed by atoms with Gasteiger partial charge in [-0.1, -0.05) is 42.5 Å². The molecule has 5 heteroatoms. The van der Waals surface area contributed by atoms with Gasteiger partial charge in [0.2, 0.25) is 0 Å². The van der Waals surface area contributed by atoms with Gasteiger partial charge < -0.3 is 5.11 Å². The first kappa shape index (κ1) is 17.2. The molecule has 2 aromatic rings. The van der Waals surface area contributed by atoms with Gasteiger partial charge in [0.05, 0.1) is 11.0 Å². The van der Waals surface area contributed by atoms with E-state index in [4.69, 9.17) is 0 Å². The lowest BCUT2D eigenvalue weighted by atomic mass is 9.85. The van der Waals surface area contributed by atoms with Crippen molar-refractivity contribution in [3.8, 4) is 0 Å². The highest BCUT2D eigenvalue weighted by Gasteiger charge is 2.41. The molecule has 2 aromatic carbocycles. The van der Waals surface area contributed by atoms with E-state index in [0.29, 0.717) is 30.1 Å². The number of nitro groups is 1. The molecule has 0 radical (unpaired) electrons. The number of hydrogen-bond donors (Lipinski definition) is 1. The highest BCUT2D eigenvalue weighted by Crippen LogP contribution is 2.43. The maximum absolute atomic E-state index is 11.0. The Morgan fingerprint density at radius 2 is 1.77 bits per heavy atom. The predicted molar refractivity (Wildman–Crippen MR) is 100.0 cm³/mol. The fraction of sp³-hybridized carbons (Fsp3) is 0.429. The molecule has 0 spiro atoms. The Morgan fingerprint density at radius 1 is 1.08 bits per heavy atom. The van der Waals surface area contributed by atoms with E-state index in [1.165, 1.54) is 30.5 Å².